The van der Waals surface area contributed by atoms with Crippen LogP contribution in [0.25, 0.3) is 17.0 Å². The van der Waals surface area contributed by atoms with E-state index in [1.54, 1.807) is 6.08 Å². The molecular weight excluding hydrogens is 406 g/mol. The van der Waals surface area contributed by atoms with E-state index in [0.29, 0.717) is 12.2 Å². The van der Waals surface area contributed by atoms with Crippen LogP contribution in [-0.4, -0.2) is 32.9 Å². The summed E-state index contributed by atoms with van der Waals surface area (Å²) >= 11 is 5.56. The van der Waals surface area contributed by atoms with E-state index in [1.807, 2.05) is 61.7 Å². The first kappa shape index (κ1) is 21.0. The van der Waals surface area contributed by atoms with Gasteiger partial charge in [-0.3, -0.25) is 19.4 Å². The molecule has 0 N–H and O–H groups in total. The van der Waals surface area contributed by atoms with Crippen molar-refractivity contribution in [2.24, 2.45) is 0 Å². The number of anilines is 1. The number of thiocarbonyl (C=S) groups is 1. The molecule has 2 amide bonds. The van der Waals surface area contributed by atoms with E-state index in [4.69, 9.17) is 12.2 Å². The largest absolute Gasteiger partial charge is 0.344 e. The molecule has 0 unspecified atom stereocenters. The van der Waals surface area contributed by atoms with Crippen molar-refractivity contribution in [2.45, 2.75) is 33.2 Å². The van der Waals surface area contributed by atoms with Crippen LogP contribution in [0.15, 0.2) is 66.4 Å². The zero-order valence-corrected chi connectivity index (χ0v) is 18.7. The third kappa shape index (κ3) is 3.68. The summed E-state index contributed by atoms with van der Waals surface area (Å²) in [5, 5.41) is 1.23. The number of amides is 2. The molecule has 31 heavy (non-hydrogen) atoms. The summed E-state index contributed by atoms with van der Waals surface area (Å²) in [5.74, 6) is -0.736. The lowest BCUT2D eigenvalue weighted by atomic mass is 10.0. The molecule has 6 heteroatoms. The fraction of sp³-hybridized carbons (Fsp3) is 0.240. The van der Waals surface area contributed by atoms with Crippen molar-refractivity contribution in [1.82, 2.24) is 9.47 Å². The Morgan fingerprint density at radius 3 is 2.32 bits per heavy atom. The maximum atomic E-state index is 13.5. The van der Waals surface area contributed by atoms with E-state index in [1.165, 1.54) is 9.80 Å². The van der Waals surface area contributed by atoms with Crippen LogP contribution in [0, 0.1) is 0 Å². The summed E-state index contributed by atoms with van der Waals surface area (Å²) in [5.41, 5.74) is 2.69. The van der Waals surface area contributed by atoms with E-state index in [9.17, 15) is 9.59 Å². The maximum Gasteiger partial charge on any atom is 0.270 e. The number of carbonyl (C=O) groups excluding carboxylic acids is 2. The molecule has 1 fully saturated rings. The van der Waals surface area contributed by atoms with Gasteiger partial charge in [-0.05, 0) is 56.8 Å². The second-order valence-electron chi connectivity index (χ2n) is 7.88. The number of hydrogen-bond acceptors (Lipinski definition) is 3. The number of benzene rings is 2. The van der Waals surface area contributed by atoms with Crippen molar-refractivity contribution in [3.63, 3.8) is 0 Å². The Bertz CT molecular complexity index is 1190. The van der Waals surface area contributed by atoms with Gasteiger partial charge in [0.25, 0.3) is 11.8 Å². The summed E-state index contributed by atoms with van der Waals surface area (Å²) in [4.78, 5) is 29.8. The molecule has 0 aliphatic carbocycles. The maximum absolute atomic E-state index is 13.5. The molecule has 5 nitrogen and oxygen atoms in total. The van der Waals surface area contributed by atoms with Crippen LogP contribution < -0.4 is 4.90 Å². The van der Waals surface area contributed by atoms with Gasteiger partial charge in [0.05, 0.1) is 5.69 Å². The smallest absolute Gasteiger partial charge is 0.270 e. The molecule has 158 valence electrons. The molecule has 0 spiro atoms. The molecule has 0 bridgehead atoms. The molecule has 0 atom stereocenters. The second-order valence-corrected chi connectivity index (χ2v) is 8.24. The number of aromatic nitrogens is 1. The van der Waals surface area contributed by atoms with Gasteiger partial charge in [0.15, 0.2) is 5.11 Å². The Balaban J connectivity index is 1.88. The molecule has 1 aromatic heterocycles. The van der Waals surface area contributed by atoms with Crippen LogP contribution in [0.4, 0.5) is 5.69 Å². The summed E-state index contributed by atoms with van der Waals surface area (Å²) in [6.07, 6.45) is 4.46. The summed E-state index contributed by atoms with van der Waals surface area (Å²) < 4.78 is 2.16. The second kappa shape index (κ2) is 8.47. The monoisotopic (exact) mass is 431 g/mol. The first-order valence-electron chi connectivity index (χ1n) is 10.5. The Morgan fingerprint density at radius 2 is 1.65 bits per heavy atom. The van der Waals surface area contributed by atoms with Gasteiger partial charge in [-0.15, -0.1) is 0 Å². The van der Waals surface area contributed by atoms with Crippen LogP contribution in [0.1, 0.15) is 38.8 Å². The number of fused-ring (bicyclic) bond motifs is 1. The van der Waals surface area contributed by atoms with Gasteiger partial charge in [0.1, 0.15) is 5.57 Å². The van der Waals surface area contributed by atoms with Crippen molar-refractivity contribution in [1.29, 1.82) is 0 Å². The zero-order valence-electron chi connectivity index (χ0n) is 17.9. The van der Waals surface area contributed by atoms with Crippen molar-refractivity contribution in [3.8, 4) is 0 Å². The Labute approximate surface area is 187 Å². The van der Waals surface area contributed by atoms with E-state index in [2.05, 4.69) is 24.5 Å². The Hall–Kier alpha value is -3.25. The van der Waals surface area contributed by atoms with Gasteiger partial charge in [-0.1, -0.05) is 43.3 Å². The minimum Gasteiger partial charge on any atom is -0.344 e. The first-order chi connectivity index (χ1) is 14.9. The molecule has 3 aromatic rings. The summed E-state index contributed by atoms with van der Waals surface area (Å²) in [7, 11) is 0. The van der Waals surface area contributed by atoms with Crippen molar-refractivity contribution in [2.75, 3.05) is 11.4 Å². The van der Waals surface area contributed by atoms with Gasteiger partial charge < -0.3 is 4.57 Å². The SMILES string of the molecule is CCCN1C(=O)/C(=C\c2cn(C(C)C)c3ccccc23)C(=O)N(c2ccccc2)C1=S. The first-order valence-corrected chi connectivity index (χ1v) is 10.9. The molecule has 1 saturated heterocycles. The highest BCUT2D eigenvalue weighted by molar-refractivity contribution is 7.80. The lowest BCUT2D eigenvalue weighted by molar-refractivity contribution is -0.127. The Kier molecular flexibility index (Phi) is 5.74. The molecule has 1 aliphatic rings. The number of carbonyl (C=O) groups is 2. The summed E-state index contributed by atoms with van der Waals surface area (Å²) in [6, 6.07) is 17.5. The number of nitrogens with zero attached hydrogens (tertiary/aromatic N) is 3. The van der Waals surface area contributed by atoms with Gasteiger partial charge in [0.2, 0.25) is 0 Å². The van der Waals surface area contributed by atoms with Crippen LogP contribution in [-0.2, 0) is 9.59 Å². The molecule has 2 heterocycles. The molecular formula is C25H25N3O2S. The van der Waals surface area contributed by atoms with E-state index < -0.39 is 5.91 Å². The molecule has 2 aromatic carbocycles. The minimum absolute atomic E-state index is 0.123. The van der Waals surface area contributed by atoms with Crippen LogP contribution >= 0.6 is 12.2 Å². The molecule has 0 saturated carbocycles. The predicted molar refractivity (Wildman–Crippen MR) is 129 cm³/mol. The highest BCUT2D eigenvalue weighted by Crippen LogP contribution is 2.30. The Morgan fingerprint density at radius 1 is 0.968 bits per heavy atom. The van der Waals surface area contributed by atoms with Gasteiger partial charge >= 0.3 is 0 Å². The van der Waals surface area contributed by atoms with Crippen molar-refractivity contribution < 1.29 is 9.59 Å². The summed E-state index contributed by atoms with van der Waals surface area (Å²) in [6.45, 7) is 6.66. The normalized spacial score (nSPS) is 16.3. The van der Waals surface area contributed by atoms with E-state index in [0.717, 1.165) is 22.9 Å². The van der Waals surface area contributed by atoms with Crippen molar-refractivity contribution >= 4 is 51.8 Å². The van der Waals surface area contributed by atoms with Crippen LogP contribution in [0.5, 0.6) is 0 Å². The highest BCUT2D eigenvalue weighted by Gasteiger charge is 2.40. The van der Waals surface area contributed by atoms with Crippen LogP contribution in [0.3, 0.4) is 0 Å². The van der Waals surface area contributed by atoms with Gasteiger partial charge in [-0.25, -0.2) is 0 Å². The topological polar surface area (TPSA) is 45.6 Å². The highest BCUT2D eigenvalue weighted by atomic mass is 32.1. The molecule has 1 aliphatic heterocycles. The number of hydrogen-bond donors (Lipinski definition) is 0. The molecule has 4 rings (SSSR count). The zero-order chi connectivity index (χ0) is 22.1. The van der Waals surface area contributed by atoms with Crippen molar-refractivity contribution in [3.05, 3.63) is 71.9 Å². The average Bonchev–Trinajstić information content (AvgIpc) is 3.14. The number of para-hydroxylation sites is 2. The third-order valence-corrected chi connectivity index (χ3v) is 5.82. The van der Waals surface area contributed by atoms with E-state index in [-0.39, 0.29) is 22.6 Å². The van der Waals surface area contributed by atoms with Gasteiger partial charge in [-0.2, -0.15) is 0 Å². The quantitative estimate of drug-likeness (QED) is 0.318. The third-order valence-electron chi connectivity index (χ3n) is 5.42. The fourth-order valence-electron chi connectivity index (χ4n) is 3.93. The predicted octanol–water partition coefficient (Wildman–Crippen LogP) is 5.18. The minimum atomic E-state index is -0.394. The lowest BCUT2D eigenvalue weighted by Crippen LogP contribution is -2.56. The van der Waals surface area contributed by atoms with Crippen LogP contribution in [0.2, 0.25) is 0 Å². The standard InChI is InChI=1S/C25H25N3O2S/c1-4-14-26-23(29)21(24(30)28(25(26)31)19-10-6-5-7-11-19)15-18-16-27(17(2)3)22-13-9-8-12-20(18)22/h5-13,15-17H,4,14H2,1-3H3/b21-15+. The lowest BCUT2D eigenvalue weighted by Gasteiger charge is -2.36. The van der Waals surface area contributed by atoms with Gasteiger partial charge in [0, 0.05) is 35.2 Å². The van der Waals surface area contributed by atoms with E-state index >= 15 is 0 Å². The molecule has 0 radical (unpaired) electrons. The fourth-order valence-corrected chi connectivity index (χ4v) is 4.29. The number of rotatable bonds is 5. The average molecular weight is 432 g/mol.